The Morgan fingerprint density at radius 2 is 1.92 bits per heavy atom. The van der Waals surface area contributed by atoms with E-state index < -0.39 is 15.3 Å². The normalized spacial score (nSPS) is 11.4. The second kappa shape index (κ2) is 3.57. The zero-order chi connectivity index (χ0) is 9.03. The van der Waals surface area contributed by atoms with Crippen LogP contribution in [0.3, 0.4) is 0 Å². The van der Waals surface area contributed by atoms with E-state index in [1.165, 1.54) is 18.5 Å². The van der Waals surface area contributed by atoms with Gasteiger partial charge in [-0.3, -0.25) is 0 Å². The van der Waals surface area contributed by atoms with Gasteiger partial charge < -0.3 is 0 Å². The third kappa shape index (κ3) is 1.97. The van der Waals surface area contributed by atoms with Crippen molar-refractivity contribution < 1.29 is 17.6 Å². The molecule has 6 nitrogen and oxygen atoms in total. The molecule has 1 heterocycles. The lowest BCUT2D eigenvalue weighted by molar-refractivity contribution is -0.172. The van der Waals surface area contributed by atoms with Crippen molar-refractivity contribution in [2.75, 3.05) is 7.11 Å². The standard InChI is InChI=1S/C5H6N2O4S/c1-10-11-12(8,9)5-6-3-2-4-7-5/h2-4H,1H3. The van der Waals surface area contributed by atoms with Gasteiger partial charge >= 0.3 is 10.1 Å². The van der Waals surface area contributed by atoms with E-state index in [1.807, 2.05) is 0 Å². The highest BCUT2D eigenvalue weighted by Crippen LogP contribution is 2.03. The maximum atomic E-state index is 11.0. The van der Waals surface area contributed by atoms with Gasteiger partial charge in [-0.1, -0.05) is 0 Å². The monoisotopic (exact) mass is 190 g/mol. The Morgan fingerprint density at radius 1 is 1.33 bits per heavy atom. The summed E-state index contributed by atoms with van der Waals surface area (Å²) >= 11 is 0. The first-order chi connectivity index (χ1) is 5.67. The summed E-state index contributed by atoms with van der Waals surface area (Å²) in [6, 6.07) is 1.49. The van der Waals surface area contributed by atoms with E-state index >= 15 is 0 Å². The number of aromatic nitrogens is 2. The summed E-state index contributed by atoms with van der Waals surface area (Å²) in [4.78, 5) is 10.9. The minimum Gasteiger partial charge on any atom is -0.225 e. The van der Waals surface area contributed by atoms with Gasteiger partial charge in [0.25, 0.3) is 5.16 Å². The summed E-state index contributed by atoms with van der Waals surface area (Å²) in [5.74, 6) is 0. The van der Waals surface area contributed by atoms with Crippen LogP contribution in [0.25, 0.3) is 0 Å². The van der Waals surface area contributed by atoms with Crippen molar-refractivity contribution in [3.63, 3.8) is 0 Å². The molecule has 0 aliphatic heterocycles. The summed E-state index contributed by atoms with van der Waals surface area (Å²) in [7, 11) is -2.87. The van der Waals surface area contributed by atoms with Crippen LogP contribution in [0.4, 0.5) is 0 Å². The maximum Gasteiger partial charge on any atom is 0.359 e. The van der Waals surface area contributed by atoms with Gasteiger partial charge in [-0.05, 0) is 6.07 Å². The lowest BCUT2D eigenvalue weighted by Gasteiger charge is -1.97. The molecule has 0 aliphatic rings. The van der Waals surface area contributed by atoms with E-state index in [4.69, 9.17) is 0 Å². The molecule has 0 radical (unpaired) electrons. The van der Waals surface area contributed by atoms with Crippen LogP contribution in [0.2, 0.25) is 0 Å². The Labute approximate surface area is 69.2 Å². The lowest BCUT2D eigenvalue weighted by atomic mass is 10.7. The predicted octanol–water partition coefficient (Wildman–Crippen LogP) is -0.257. The van der Waals surface area contributed by atoms with Crippen molar-refractivity contribution in [1.29, 1.82) is 0 Å². The molecule has 12 heavy (non-hydrogen) atoms. The summed E-state index contributed by atoms with van der Waals surface area (Å²) in [5.41, 5.74) is 0. The molecular weight excluding hydrogens is 184 g/mol. The molecule has 0 aliphatic carbocycles. The van der Waals surface area contributed by atoms with Gasteiger partial charge in [0.2, 0.25) is 0 Å². The molecule has 0 spiro atoms. The molecule has 0 aromatic carbocycles. The largest absolute Gasteiger partial charge is 0.359 e. The van der Waals surface area contributed by atoms with Crippen LogP contribution in [0.5, 0.6) is 0 Å². The average molecular weight is 190 g/mol. The Balaban J connectivity index is 2.99. The Bertz CT molecular complexity index is 336. The number of nitrogens with zero attached hydrogens (tertiary/aromatic N) is 2. The molecule has 0 amide bonds. The number of rotatable bonds is 3. The van der Waals surface area contributed by atoms with Gasteiger partial charge in [0.05, 0.1) is 7.11 Å². The Morgan fingerprint density at radius 3 is 2.42 bits per heavy atom. The lowest BCUT2D eigenvalue weighted by Crippen LogP contribution is -2.09. The summed E-state index contributed by atoms with van der Waals surface area (Å²) in [6.45, 7) is 0. The minimum atomic E-state index is -3.95. The Hall–Kier alpha value is -1.05. The molecule has 0 N–H and O–H groups in total. The van der Waals surface area contributed by atoms with Gasteiger partial charge in [-0.25, -0.2) is 14.9 Å². The van der Waals surface area contributed by atoms with Crippen LogP contribution >= 0.6 is 0 Å². The van der Waals surface area contributed by atoms with Gasteiger partial charge in [-0.2, -0.15) is 8.42 Å². The van der Waals surface area contributed by atoms with Crippen molar-refractivity contribution in [2.45, 2.75) is 5.16 Å². The summed E-state index contributed by atoms with van der Waals surface area (Å²) in [5, 5.41) is -0.424. The molecule has 0 saturated heterocycles. The number of hydrogen-bond acceptors (Lipinski definition) is 6. The van der Waals surface area contributed by atoms with Crippen molar-refractivity contribution in [1.82, 2.24) is 9.97 Å². The minimum absolute atomic E-state index is 0.424. The molecule has 0 saturated carbocycles. The smallest absolute Gasteiger partial charge is 0.225 e. The van der Waals surface area contributed by atoms with Gasteiger partial charge in [0.15, 0.2) is 0 Å². The van der Waals surface area contributed by atoms with Crippen molar-refractivity contribution in [3.8, 4) is 0 Å². The van der Waals surface area contributed by atoms with Crippen LogP contribution in [-0.4, -0.2) is 25.5 Å². The predicted molar refractivity (Wildman–Crippen MR) is 37.3 cm³/mol. The first-order valence-electron chi connectivity index (χ1n) is 2.91. The van der Waals surface area contributed by atoms with Crippen LogP contribution in [0.15, 0.2) is 23.6 Å². The van der Waals surface area contributed by atoms with E-state index in [2.05, 4.69) is 19.2 Å². The molecule has 1 aromatic rings. The third-order valence-electron chi connectivity index (χ3n) is 0.923. The molecule has 0 unspecified atom stereocenters. The highest BCUT2D eigenvalue weighted by Gasteiger charge is 2.18. The van der Waals surface area contributed by atoms with Crippen LogP contribution in [0, 0.1) is 0 Å². The van der Waals surface area contributed by atoms with Crippen molar-refractivity contribution in [3.05, 3.63) is 18.5 Å². The average Bonchev–Trinajstić information content (AvgIpc) is 2.06. The van der Waals surface area contributed by atoms with E-state index in [0.29, 0.717) is 0 Å². The van der Waals surface area contributed by atoms with Crippen molar-refractivity contribution in [2.24, 2.45) is 0 Å². The van der Waals surface area contributed by atoms with Crippen LogP contribution in [0.1, 0.15) is 0 Å². The summed E-state index contributed by atoms with van der Waals surface area (Å²) in [6.07, 6.45) is 2.58. The zero-order valence-corrected chi connectivity index (χ0v) is 6.98. The fraction of sp³-hybridized carbons (Fsp3) is 0.200. The number of hydrogen-bond donors (Lipinski definition) is 0. The topological polar surface area (TPSA) is 78.4 Å². The van der Waals surface area contributed by atoms with Crippen LogP contribution in [-0.2, 0) is 19.3 Å². The van der Waals surface area contributed by atoms with E-state index in [9.17, 15) is 8.42 Å². The fourth-order valence-corrected chi connectivity index (χ4v) is 1.15. The van der Waals surface area contributed by atoms with Crippen LogP contribution < -0.4 is 0 Å². The first kappa shape index (κ1) is 9.04. The molecule has 0 bridgehead atoms. The molecule has 1 aromatic heterocycles. The van der Waals surface area contributed by atoms with E-state index in [1.54, 1.807) is 0 Å². The highest BCUT2D eigenvalue weighted by molar-refractivity contribution is 7.86. The molecule has 66 valence electrons. The molecule has 0 atom stereocenters. The molecule has 7 heteroatoms. The quantitative estimate of drug-likeness (QED) is 0.371. The SMILES string of the molecule is COOS(=O)(=O)c1ncccn1. The molecule has 1 rings (SSSR count). The third-order valence-corrected chi connectivity index (χ3v) is 1.90. The second-order valence-corrected chi connectivity index (χ2v) is 3.13. The van der Waals surface area contributed by atoms with Crippen molar-refractivity contribution >= 4 is 10.1 Å². The molecule has 0 fully saturated rings. The Kier molecular flexibility index (Phi) is 2.69. The van der Waals surface area contributed by atoms with Gasteiger partial charge in [0.1, 0.15) is 0 Å². The van der Waals surface area contributed by atoms with Gasteiger partial charge in [0, 0.05) is 12.4 Å². The highest BCUT2D eigenvalue weighted by atomic mass is 32.2. The van der Waals surface area contributed by atoms with Gasteiger partial charge in [-0.15, -0.1) is 4.33 Å². The second-order valence-electron chi connectivity index (χ2n) is 1.72. The maximum absolute atomic E-state index is 11.0. The zero-order valence-electron chi connectivity index (χ0n) is 6.17. The first-order valence-corrected chi connectivity index (χ1v) is 4.32. The summed E-state index contributed by atoms with van der Waals surface area (Å²) < 4.78 is 25.9. The molecular formula is C5H6N2O4S. The van der Waals surface area contributed by atoms with E-state index in [-0.39, 0.29) is 0 Å². The fourth-order valence-electron chi connectivity index (χ4n) is 0.535. The van der Waals surface area contributed by atoms with E-state index in [0.717, 1.165) is 7.11 Å².